The number of H-pyrrole nitrogens is 1. The molecule has 0 fully saturated rings. The number of methoxy groups -OCH3 is 1. The summed E-state index contributed by atoms with van der Waals surface area (Å²) >= 11 is 5.25. The number of para-hydroxylation sites is 1. The van der Waals surface area contributed by atoms with Crippen LogP contribution in [0.5, 0.6) is 5.75 Å². The van der Waals surface area contributed by atoms with Crippen molar-refractivity contribution in [3.63, 3.8) is 0 Å². The topological polar surface area (TPSA) is 50.3 Å². The van der Waals surface area contributed by atoms with Gasteiger partial charge in [0.25, 0.3) is 0 Å². The Morgan fingerprint density at radius 2 is 2.22 bits per heavy atom. The van der Waals surface area contributed by atoms with Crippen molar-refractivity contribution in [3.8, 4) is 5.75 Å². The van der Waals surface area contributed by atoms with Crippen LogP contribution in [0.3, 0.4) is 0 Å². The summed E-state index contributed by atoms with van der Waals surface area (Å²) in [4.78, 5) is 16.4. The number of hydrogen-bond acceptors (Lipinski definition) is 3. The third-order valence-corrected chi connectivity index (χ3v) is 3.11. The van der Waals surface area contributed by atoms with E-state index in [-0.39, 0.29) is 12.5 Å². The van der Waals surface area contributed by atoms with Crippen molar-refractivity contribution in [2.24, 2.45) is 0 Å². The maximum atomic E-state index is 11.8. The Hall–Kier alpha value is -1.82. The molecule has 18 heavy (non-hydrogen) atoms. The molecule has 0 aliphatic rings. The zero-order valence-electron chi connectivity index (χ0n) is 10.6. The second-order valence-electron chi connectivity index (χ2n) is 4.16. The molecule has 6 heteroatoms. The van der Waals surface area contributed by atoms with Crippen LogP contribution in [0, 0.1) is 4.77 Å². The van der Waals surface area contributed by atoms with Gasteiger partial charge in [-0.15, -0.1) is 0 Å². The maximum absolute atomic E-state index is 11.8. The molecule has 1 N–H and O–H groups in total. The van der Waals surface area contributed by atoms with Crippen LogP contribution in [0.4, 0.5) is 0 Å². The summed E-state index contributed by atoms with van der Waals surface area (Å²) in [6, 6.07) is 5.64. The third-order valence-electron chi connectivity index (χ3n) is 2.78. The maximum Gasteiger partial charge on any atom is 0.242 e. The van der Waals surface area contributed by atoms with Crippen LogP contribution < -0.4 is 4.74 Å². The first-order valence-corrected chi connectivity index (χ1v) is 5.91. The molecule has 0 bridgehead atoms. The van der Waals surface area contributed by atoms with Crippen LogP contribution in [-0.2, 0) is 11.3 Å². The average molecular weight is 265 g/mol. The Morgan fingerprint density at radius 1 is 1.50 bits per heavy atom. The van der Waals surface area contributed by atoms with Crippen molar-refractivity contribution in [3.05, 3.63) is 23.0 Å². The van der Waals surface area contributed by atoms with Crippen LogP contribution in [0.1, 0.15) is 0 Å². The lowest BCUT2D eigenvalue weighted by molar-refractivity contribution is -0.129. The van der Waals surface area contributed by atoms with Gasteiger partial charge in [-0.25, -0.2) is 0 Å². The lowest BCUT2D eigenvalue weighted by atomic mass is 10.3. The van der Waals surface area contributed by atoms with Crippen LogP contribution in [0.25, 0.3) is 11.0 Å². The number of carbonyl (C=O) groups is 1. The number of hydrogen-bond donors (Lipinski definition) is 1. The second-order valence-corrected chi connectivity index (χ2v) is 4.55. The Bertz CT molecular complexity index is 642. The number of aromatic nitrogens is 2. The monoisotopic (exact) mass is 265 g/mol. The SMILES string of the molecule is COc1cccc2c1[nH]c(=S)n2CC(=O)N(C)C. The summed E-state index contributed by atoms with van der Waals surface area (Å²) in [6.45, 7) is 0.221. The minimum absolute atomic E-state index is 0.00480. The minimum atomic E-state index is -0.00480. The molecule has 96 valence electrons. The largest absolute Gasteiger partial charge is 0.494 e. The molecule has 2 rings (SSSR count). The summed E-state index contributed by atoms with van der Waals surface area (Å²) in [5.41, 5.74) is 1.69. The van der Waals surface area contributed by atoms with E-state index in [1.54, 1.807) is 30.7 Å². The highest BCUT2D eigenvalue weighted by atomic mass is 32.1. The van der Waals surface area contributed by atoms with Crippen molar-refractivity contribution in [2.75, 3.05) is 21.2 Å². The number of amides is 1. The molecule has 1 aromatic carbocycles. The van der Waals surface area contributed by atoms with Crippen molar-refractivity contribution in [2.45, 2.75) is 6.54 Å². The molecule has 5 nitrogen and oxygen atoms in total. The van der Waals surface area contributed by atoms with Gasteiger partial charge in [-0.3, -0.25) is 4.79 Å². The van der Waals surface area contributed by atoms with Crippen molar-refractivity contribution in [1.29, 1.82) is 0 Å². The molecule has 0 aliphatic carbocycles. The highest BCUT2D eigenvalue weighted by Gasteiger charge is 2.12. The van der Waals surface area contributed by atoms with E-state index in [2.05, 4.69) is 4.98 Å². The number of likely N-dealkylation sites (N-methyl/N-ethyl adjacent to an activating group) is 1. The van der Waals surface area contributed by atoms with E-state index in [0.717, 1.165) is 16.8 Å². The van der Waals surface area contributed by atoms with E-state index >= 15 is 0 Å². The van der Waals surface area contributed by atoms with Gasteiger partial charge in [0.15, 0.2) is 4.77 Å². The summed E-state index contributed by atoms with van der Waals surface area (Å²) in [7, 11) is 5.05. The van der Waals surface area contributed by atoms with Gasteiger partial charge in [0.1, 0.15) is 17.8 Å². The zero-order valence-corrected chi connectivity index (χ0v) is 11.4. The van der Waals surface area contributed by atoms with Crippen molar-refractivity contribution >= 4 is 29.2 Å². The van der Waals surface area contributed by atoms with Crippen LogP contribution in [-0.4, -0.2) is 41.6 Å². The van der Waals surface area contributed by atoms with E-state index < -0.39 is 0 Å². The Kier molecular flexibility index (Phi) is 3.38. The Labute approximate surface area is 110 Å². The molecule has 0 saturated heterocycles. The smallest absolute Gasteiger partial charge is 0.242 e. The van der Waals surface area contributed by atoms with Crippen molar-refractivity contribution < 1.29 is 9.53 Å². The number of nitrogens with zero attached hydrogens (tertiary/aromatic N) is 2. The average Bonchev–Trinajstić information content (AvgIpc) is 2.65. The summed E-state index contributed by atoms with van der Waals surface area (Å²) in [6.07, 6.45) is 0. The molecule has 0 unspecified atom stereocenters. The predicted molar refractivity (Wildman–Crippen MR) is 72.4 cm³/mol. The lowest BCUT2D eigenvalue weighted by Gasteiger charge is -2.11. The van der Waals surface area contributed by atoms with Gasteiger partial charge in [0, 0.05) is 14.1 Å². The molecule has 0 saturated carbocycles. The molecule has 0 atom stereocenters. The first-order chi connectivity index (χ1) is 8.54. The quantitative estimate of drug-likeness (QED) is 0.861. The first-order valence-electron chi connectivity index (χ1n) is 5.50. The predicted octanol–water partition coefficient (Wildman–Crippen LogP) is 1.80. The molecule has 0 aliphatic heterocycles. The van der Waals surface area contributed by atoms with Gasteiger partial charge in [0.2, 0.25) is 5.91 Å². The van der Waals surface area contributed by atoms with Crippen LogP contribution in [0.2, 0.25) is 0 Å². The highest BCUT2D eigenvalue weighted by molar-refractivity contribution is 7.71. The molecule has 1 aromatic heterocycles. The lowest BCUT2D eigenvalue weighted by Crippen LogP contribution is -2.26. The van der Waals surface area contributed by atoms with E-state index in [0.29, 0.717) is 4.77 Å². The minimum Gasteiger partial charge on any atom is -0.494 e. The van der Waals surface area contributed by atoms with E-state index in [1.165, 1.54) is 0 Å². The number of imidazole rings is 1. The number of benzene rings is 1. The number of nitrogens with one attached hydrogen (secondary N) is 1. The van der Waals surface area contributed by atoms with E-state index in [1.807, 2.05) is 18.2 Å². The molecule has 1 amide bonds. The molecular weight excluding hydrogens is 250 g/mol. The van der Waals surface area contributed by atoms with E-state index in [4.69, 9.17) is 17.0 Å². The fraction of sp³-hybridized carbons (Fsp3) is 0.333. The normalized spacial score (nSPS) is 10.6. The standard InChI is InChI=1S/C12H15N3O2S/c1-14(2)10(16)7-15-8-5-4-6-9(17-3)11(8)13-12(15)18/h4-6H,7H2,1-3H3,(H,13,18). The summed E-state index contributed by atoms with van der Waals surface area (Å²) in [5.74, 6) is 0.712. The van der Waals surface area contributed by atoms with Gasteiger partial charge in [0.05, 0.1) is 12.6 Å². The molecular formula is C12H15N3O2S. The van der Waals surface area contributed by atoms with E-state index in [9.17, 15) is 4.79 Å². The molecule has 0 spiro atoms. The Morgan fingerprint density at radius 3 is 2.83 bits per heavy atom. The number of carbonyl (C=O) groups excluding carboxylic acids is 1. The van der Waals surface area contributed by atoms with Crippen LogP contribution >= 0.6 is 12.2 Å². The van der Waals surface area contributed by atoms with Gasteiger partial charge in [-0.05, 0) is 24.4 Å². The number of ether oxygens (including phenoxy) is 1. The Balaban J connectivity index is 2.55. The van der Waals surface area contributed by atoms with Gasteiger partial charge in [-0.1, -0.05) is 6.07 Å². The third kappa shape index (κ3) is 2.11. The summed E-state index contributed by atoms with van der Waals surface area (Å²) in [5, 5.41) is 0. The molecule has 1 heterocycles. The van der Waals surface area contributed by atoms with Crippen molar-refractivity contribution in [1.82, 2.24) is 14.5 Å². The van der Waals surface area contributed by atoms with Crippen LogP contribution in [0.15, 0.2) is 18.2 Å². The number of rotatable bonds is 3. The fourth-order valence-electron chi connectivity index (χ4n) is 1.76. The summed E-state index contributed by atoms with van der Waals surface area (Å²) < 4.78 is 7.55. The molecule has 0 radical (unpaired) electrons. The van der Waals surface area contributed by atoms with Gasteiger partial charge in [-0.2, -0.15) is 0 Å². The number of aromatic amines is 1. The van der Waals surface area contributed by atoms with Gasteiger partial charge >= 0.3 is 0 Å². The fourth-order valence-corrected chi connectivity index (χ4v) is 2.02. The molecule has 2 aromatic rings. The highest BCUT2D eigenvalue weighted by Crippen LogP contribution is 2.24. The first kappa shape index (κ1) is 12.6. The number of fused-ring (bicyclic) bond motifs is 1. The second kappa shape index (κ2) is 4.81. The zero-order chi connectivity index (χ0) is 13.3. The van der Waals surface area contributed by atoms with Gasteiger partial charge < -0.3 is 19.2 Å².